The molecule has 1 aliphatic carbocycles. The predicted molar refractivity (Wildman–Crippen MR) is 44.8 cm³/mol. The Morgan fingerprint density at radius 2 is 2.17 bits per heavy atom. The molecule has 0 radical (unpaired) electrons. The first-order chi connectivity index (χ1) is 5.77. The molecule has 0 aromatic heterocycles. The lowest BCUT2D eigenvalue weighted by atomic mass is 9.81. The van der Waals surface area contributed by atoms with Gasteiger partial charge < -0.3 is 10.1 Å². The van der Waals surface area contributed by atoms with E-state index < -0.39 is 0 Å². The highest BCUT2D eigenvalue weighted by Gasteiger charge is 2.36. The largest absolute Gasteiger partial charge is 0.446 e. The molecule has 1 heterocycles. The van der Waals surface area contributed by atoms with Crippen LogP contribution in [0.1, 0.15) is 32.6 Å². The summed E-state index contributed by atoms with van der Waals surface area (Å²) < 4.78 is 5.11. The summed E-state index contributed by atoms with van der Waals surface area (Å²) >= 11 is 0. The average molecular weight is 169 g/mol. The number of nitrogens with one attached hydrogen (secondary N) is 1. The molecular weight excluding hydrogens is 154 g/mol. The highest BCUT2D eigenvalue weighted by atomic mass is 16.6. The maximum absolute atomic E-state index is 11.0. The molecule has 0 unspecified atom stereocenters. The van der Waals surface area contributed by atoms with Gasteiger partial charge in [0.25, 0.3) is 0 Å². The van der Waals surface area contributed by atoms with Gasteiger partial charge in [-0.3, -0.25) is 0 Å². The highest BCUT2D eigenvalue weighted by Crippen LogP contribution is 2.30. The minimum absolute atomic E-state index is 0.115. The van der Waals surface area contributed by atoms with Crippen molar-refractivity contribution in [1.82, 2.24) is 5.32 Å². The monoisotopic (exact) mass is 169 g/mol. The van der Waals surface area contributed by atoms with E-state index in [9.17, 15) is 4.79 Å². The van der Waals surface area contributed by atoms with Gasteiger partial charge in [0.05, 0.1) is 0 Å². The topological polar surface area (TPSA) is 38.3 Å². The Bertz CT molecular complexity index is 193. The van der Waals surface area contributed by atoms with Crippen molar-refractivity contribution in [1.29, 1.82) is 0 Å². The Balaban J connectivity index is 2.06. The molecule has 1 N–H and O–H groups in total. The van der Waals surface area contributed by atoms with Gasteiger partial charge in [0.15, 0.2) is 0 Å². The van der Waals surface area contributed by atoms with Gasteiger partial charge in [0.2, 0.25) is 0 Å². The molecular formula is C9H15NO2. The van der Waals surface area contributed by atoms with E-state index in [4.69, 9.17) is 4.74 Å². The second-order valence-electron chi connectivity index (χ2n) is 3.81. The smallest absolute Gasteiger partial charge is 0.407 e. The van der Waals surface area contributed by atoms with Gasteiger partial charge in [-0.25, -0.2) is 4.79 Å². The van der Waals surface area contributed by atoms with Crippen LogP contribution in [0.25, 0.3) is 0 Å². The number of fused-ring (bicyclic) bond motifs is 1. The minimum Gasteiger partial charge on any atom is -0.446 e. The Morgan fingerprint density at radius 1 is 1.42 bits per heavy atom. The van der Waals surface area contributed by atoms with Gasteiger partial charge in [-0.15, -0.1) is 0 Å². The van der Waals surface area contributed by atoms with Gasteiger partial charge in [0.1, 0.15) is 6.10 Å². The molecule has 1 saturated heterocycles. The molecule has 12 heavy (non-hydrogen) atoms. The molecule has 68 valence electrons. The van der Waals surface area contributed by atoms with Crippen LogP contribution in [0.5, 0.6) is 0 Å². The Hall–Kier alpha value is -0.730. The van der Waals surface area contributed by atoms with Crippen LogP contribution in [0.3, 0.4) is 0 Å². The lowest BCUT2D eigenvalue weighted by Gasteiger charge is -2.39. The van der Waals surface area contributed by atoms with E-state index >= 15 is 0 Å². The van der Waals surface area contributed by atoms with Crippen molar-refractivity contribution in [2.45, 2.75) is 44.8 Å². The number of hydrogen-bond acceptors (Lipinski definition) is 2. The summed E-state index contributed by atoms with van der Waals surface area (Å²) in [4.78, 5) is 11.0. The number of rotatable bonds is 0. The summed E-state index contributed by atoms with van der Waals surface area (Å²) in [6.45, 7) is 2.00. The van der Waals surface area contributed by atoms with Crippen LogP contribution in [-0.2, 0) is 4.74 Å². The van der Waals surface area contributed by atoms with Gasteiger partial charge in [-0.05, 0) is 19.8 Å². The molecule has 0 spiro atoms. The Labute approximate surface area is 72.5 Å². The van der Waals surface area contributed by atoms with Crippen LogP contribution in [-0.4, -0.2) is 18.2 Å². The zero-order valence-corrected chi connectivity index (χ0v) is 7.38. The molecule has 2 fully saturated rings. The zero-order chi connectivity index (χ0) is 8.55. The summed E-state index contributed by atoms with van der Waals surface area (Å²) in [5.41, 5.74) is 0. The van der Waals surface area contributed by atoms with Crippen molar-refractivity contribution < 1.29 is 9.53 Å². The summed E-state index contributed by atoms with van der Waals surface area (Å²) in [5.74, 6) is 0.552. The Morgan fingerprint density at radius 3 is 3.00 bits per heavy atom. The molecule has 2 aliphatic rings. The van der Waals surface area contributed by atoms with Crippen LogP contribution < -0.4 is 5.32 Å². The third-order valence-electron chi connectivity index (χ3n) is 3.02. The summed E-state index contributed by atoms with van der Waals surface area (Å²) in [6.07, 6.45) is 4.74. The van der Waals surface area contributed by atoms with Crippen LogP contribution in [0, 0.1) is 5.92 Å². The Kier molecular flexibility index (Phi) is 1.95. The number of carbonyl (C=O) groups is 1. The maximum Gasteiger partial charge on any atom is 0.407 e. The van der Waals surface area contributed by atoms with Crippen molar-refractivity contribution in [3.8, 4) is 0 Å². The summed E-state index contributed by atoms with van der Waals surface area (Å²) in [5, 5.41) is 2.89. The van der Waals surface area contributed by atoms with Crippen molar-refractivity contribution in [3.05, 3.63) is 0 Å². The van der Waals surface area contributed by atoms with Gasteiger partial charge in [-0.2, -0.15) is 0 Å². The van der Waals surface area contributed by atoms with Gasteiger partial charge in [-0.1, -0.05) is 12.8 Å². The van der Waals surface area contributed by atoms with E-state index in [1.807, 2.05) is 6.92 Å². The van der Waals surface area contributed by atoms with E-state index in [1.165, 1.54) is 19.3 Å². The van der Waals surface area contributed by atoms with Crippen LogP contribution in [0.2, 0.25) is 0 Å². The molecule has 0 aromatic carbocycles. The first kappa shape index (κ1) is 7.90. The quantitative estimate of drug-likeness (QED) is 0.599. The van der Waals surface area contributed by atoms with Crippen molar-refractivity contribution >= 4 is 6.09 Å². The number of carbonyl (C=O) groups excluding carboxylic acids is 1. The van der Waals surface area contributed by atoms with E-state index in [-0.39, 0.29) is 12.2 Å². The van der Waals surface area contributed by atoms with Crippen molar-refractivity contribution in [2.75, 3.05) is 0 Å². The number of cyclic esters (lactones) is 1. The summed E-state index contributed by atoms with van der Waals surface area (Å²) in [7, 11) is 0. The number of amides is 1. The fourth-order valence-corrected chi connectivity index (χ4v) is 2.34. The standard InChI is InChI=1S/C9H15NO2/c1-6-7-4-2-3-5-8(7)10-9(11)12-6/h6-8H,2-5H2,1H3,(H,10,11)/t6-,7-,8+/m1/s1. The normalized spacial score (nSPS) is 41.1. The van der Waals surface area contributed by atoms with E-state index in [0.29, 0.717) is 12.0 Å². The molecule has 3 nitrogen and oxygen atoms in total. The maximum atomic E-state index is 11.0. The minimum atomic E-state index is -0.231. The molecule has 1 aliphatic heterocycles. The molecule has 0 aromatic rings. The molecule has 1 saturated carbocycles. The van der Waals surface area contributed by atoms with Crippen molar-refractivity contribution in [3.63, 3.8) is 0 Å². The van der Waals surface area contributed by atoms with Crippen LogP contribution in [0.4, 0.5) is 4.79 Å². The van der Waals surface area contributed by atoms with Crippen LogP contribution >= 0.6 is 0 Å². The second-order valence-corrected chi connectivity index (χ2v) is 3.81. The fraction of sp³-hybridized carbons (Fsp3) is 0.889. The first-order valence-corrected chi connectivity index (χ1v) is 4.74. The highest BCUT2D eigenvalue weighted by molar-refractivity contribution is 5.68. The van der Waals surface area contributed by atoms with E-state index in [0.717, 1.165) is 6.42 Å². The van der Waals surface area contributed by atoms with Crippen LogP contribution in [0.15, 0.2) is 0 Å². The second kappa shape index (κ2) is 2.96. The lowest BCUT2D eigenvalue weighted by Crippen LogP contribution is -2.52. The third-order valence-corrected chi connectivity index (χ3v) is 3.02. The molecule has 1 amide bonds. The van der Waals surface area contributed by atoms with E-state index in [2.05, 4.69) is 5.32 Å². The fourth-order valence-electron chi connectivity index (χ4n) is 2.34. The lowest BCUT2D eigenvalue weighted by molar-refractivity contribution is 0.0114. The predicted octanol–water partition coefficient (Wildman–Crippen LogP) is 1.67. The average Bonchev–Trinajstić information content (AvgIpc) is 2.04. The molecule has 3 atom stereocenters. The number of hydrogen-bond donors (Lipinski definition) is 1. The zero-order valence-electron chi connectivity index (χ0n) is 7.38. The molecule has 3 heteroatoms. The number of alkyl carbamates (subject to hydrolysis) is 1. The first-order valence-electron chi connectivity index (χ1n) is 4.74. The third kappa shape index (κ3) is 1.28. The van der Waals surface area contributed by atoms with Crippen molar-refractivity contribution in [2.24, 2.45) is 5.92 Å². The van der Waals surface area contributed by atoms with Gasteiger partial charge in [0, 0.05) is 12.0 Å². The number of ether oxygens (including phenoxy) is 1. The molecule has 2 rings (SSSR count). The summed E-state index contributed by atoms with van der Waals surface area (Å²) in [6, 6.07) is 0.384. The van der Waals surface area contributed by atoms with Gasteiger partial charge >= 0.3 is 6.09 Å². The SMILES string of the molecule is C[C@H]1OC(=O)N[C@H]2CCCC[C@@H]21. The molecule has 0 bridgehead atoms. The van der Waals surface area contributed by atoms with E-state index in [1.54, 1.807) is 0 Å².